The number of hydrogen-bond acceptors (Lipinski definition) is 2. The summed E-state index contributed by atoms with van der Waals surface area (Å²) >= 11 is 3.44. The van der Waals surface area contributed by atoms with Crippen molar-refractivity contribution in [2.45, 2.75) is 32.2 Å². The number of ether oxygens (including phenoxy) is 1. The first kappa shape index (κ1) is 14.1. The molecule has 102 valence electrons. The molecule has 19 heavy (non-hydrogen) atoms. The molecule has 0 fully saturated rings. The van der Waals surface area contributed by atoms with Gasteiger partial charge in [0.15, 0.2) is 0 Å². The molecular weight excluding hydrogens is 304 g/mol. The Morgan fingerprint density at radius 2 is 2.05 bits per heavy atom. The van der Waals surface area contributed by atoms with Gasteiger partial charge in [0.05, 0.1) is 12.9 Å². The number of imidazole rings is 1. The molecule has 0 atom stereocenters. The molecule has 1 aromatic heterocycles. The summed E-state index contributed by atoms with van der Waals surface area (Å²) in [4.78, 5) is 4.03. The number of halogens is 1. The van der Waals surface area contributed by atoms with E-state index in [2.05, 4.69) is 25.5 Å². The molecule has 2 aromatic rings. The van der Waals surface area contributed by atoms with E-state index < -0.39 is 0 Å². The first-order valence-corrected chi connectivity index (χ1v) is 7.48. The molecule has 0 saturated heterocycles. The lowest BCUT2D eigenvalue weighted by molar-refractivity contribution is 0.304. The van der Waals surface area contributed by atoms with E-state index in [1.54, 1.807) is 0 Å². The highest BCUT2D eigenvalue weighted by molar-refractivity contribution is 9.10. The molecule has 1 heterocycles. The van der Waals surface area contributed by atoms with Crippen molar-refractivity contribution < 1.29 is 4.74 Å². The highest BCUT2D eigenvalue weighted by Gasteiger charge is 1.95. The van der Waals surface area contributed by atoms with Gasteiger partial charge in [-0.3, -0.25) is 0 Å². The lowest BCUT2D eigenvalue weighted by Gasteiger charge is -2.06. The Balaban J connectivity index is 1.50. The molecule has 0 aliphatic carbocycles. The van der Waals surface area contributed by atoms with Crippen LogP contribution in [-0.4, -0.2) is 16.2 Å². The SMILES string of the molecule is Brc1cccc(OCCCCCCn2ccnc2)c1. The Bertz CT molecular complexity index is 471. The normalized spacial score (nSPS) is 10.6. The Morgan fingerprint density at radius 1 is 1.16 bits per heavy atom. The zero-order valence-corrected chi connectivity index (χ0v) is 12.6. The largest absolute Gasteiger partial charge is 0.494 e. The maximum atomic E-state index is 5.69. The smallest absolute Gasteiger partial charge is 0.120 e. The molecule has 0 spiro atoms. The third-order valence-corrected chi connectivity index (χ3v) is 3.43. The van der Waals surface area contributed by atoms with Crippen LogP contribution >= 0.6 is 15.9 Å². The number of nitrogens with zero attached hydrogens (tertiary/aromatic N) is 2. The third kappa shape index (κ3) is 5.47. The number of hydrogen-bond donors (Lipinski definition) is 0. The highest BCUT2D eigenvalue weighted by Crippen LogP contribution is 2.18. The molecule has 0 saturated carbocycles. The average molecular weight is 323 g/mol. The monoisotopic (exact) mass is 322 g/mol. The van der Waals surface area contributed by atoms with Crippen LogP contribution in [0.4, 0.5) is 0 Å². The summed E-state index contributed by atoms with van der Waals surface area (Å²) in [5, 5.41) is 0. The third-order valence-electron chi connectivity index (χ3n) is 2.93. The van der Waals surface area contributed by atoms with E-state index in [4.69, 9.17) is 4.74 Å². The Labute approximate surface area is 122 Å². The second kappa shape index (κ2) is 8.00. The summed E-state index contributed by atoms with van der Waals surface area (Å²) in [5.74, 6) is 0.938. The molecule has 0 N–H and O–H groups in total. The number of benzene rings is 1. The van der Waals surface area contributed by atoms with Crippen LogP contribution in [0.5, 0.6) is 5.75 Å². The summed E-state index contributed by atoms with van der Waals surface area (Å²) in [7, 11) is 0. The summed E-state index contributed by atoms with van der Waals surface area (Å²) in [6.07, 6.45) is 10.5. The molecule has 2 rings (SSSR count). The zero-order chi connectivity index (χ0) is 13.3. The van der Waals surface area contributed by atoms with E-state index in [1.807, 2.05) is 43.0 Å². The fourth-order valence-corrected chi connectivity index (χ4v) is 2.29. The molecule has 0 aliphatic rings. The van der Waals surface area contributed by atoms with Gasteiger partial charge in [0.25, 0.3) is 0 Å². The van der Waals surface area contributed by atoms with Gasteiger partial charge in [-0.05, 0) is 31.0 Å². The lowest BCUT2D eigenvalue weighted by atomic mass is 10.2. The predicted molar refractivity (Wildman–Crippen MR) is 80.3 cm³/mol. The summed E-state index contributed by atoms with van der Waals surface area (Å²) in [6.45, 7) is 1.86. The minimum absolute atomic E-state index is 0.793. The summed E-state index contributed by atoms with van der Waals surface area (Å²) < 4.78 is 8.88. The molecule has 0 aliphatic heterocycles. The first-order chi connectivity index (χ1) is 9.34. The quantitative estimate of drug-likeness (QED) is 0.678. The van der Waals surface area contributed by atoms with E-state index in [9.17, 15) is 0 Å². The molecule has 4 heteroatoms. The van der Waals surface area contributed by atoms with Crippen molar-refractivity contribution in [2.75, 3.05) is 6.61 Å². The first-order valence-electron chi connectivity index (χ1n) is 6.69. The molecule has 3 nitrogen and oxygen atoms in total. The lowest BCUT2D eigenvalue weighted by Crippen LogP contribution is -1.98. The fraction of sp³-hybridized carbons (Fsp3) is 0.400. The van der Waals surface area contributed by atoms with Crippen molar-refractivity contribution in [1.82, 2.24) is 9.55 Å². The zero-order valence-electron chi connectivity index (χ0n) is 11.0. The van der Waals surface area contributed by atoms with Gasteiger partial charge in [-0.15, -0.1) is 0 Å². The molecule has 0 unspecified atom stereocenters. The van der Waals surface area contributed by atoms with Crippen molar-refractivity contribution >= 4 is 15.9 Å². The Hall–Kier alpha value is -1.29. The van der Waals surface area contributed by atoms with Crippen molar-refractivity contribution in [3.63, 3.8) is 0 Å². The maximum Gasteiger partial charge on any atom is 0.120 e. The minimum atomic E-state index is 0.793. The minimum Gasteiger partial charge on any atom is -0.494 e. The van der Waals surface area contributed by atoms with Crippen molar-refractivity contribution in [2.24, 2.45) is 0 Å². The molecule has 0 radical (unpaired) electrons. The van der Waals surface area contributed by atoms with E-state index in [-0.39, 0.29) is 0 Å². The number of aryl methyl sites for hydroxylation is 1. The topological polar surface area (TPSA) is 27.1 Å². The van der Waals surface area contributed by atoms with E-state index >= 15 is 0 Å². The van der Waals surface area contributed by atoms with E-state index in [1.165, 1.54) is 19.3 Å². The van der Waals surface area contributed by atoms with Crippen LogP contribution in [0.3, 0.4) is 0 Å². The van der Waals surface area contributed by atoms with Crippen LogP contribution in [0, 0.1) is 0 Å². The van der Waals surface area contributed by atoms with Gasteiger partial charge < -0.3 is 9.30 Å². The van der Waals surface area contributed by atoms with Crippen LogP contribution in [0.2, 0.25) is 0 Å². The van der Waals surface area contributed by atoms with Gasteiger partial charge in [0.2, 0.25) is 0 Å². The molecule has 0 bridgehead atoms. The van der Waals surface area contributed by atoms with Crippen molar-refractivity contribution in [1.29, 1.82) is 0 Å². The second-order valence-corrected chi connectivity index (χ2v) is 5.44. The Morgan fingerprint density at radius 3 is 2.84 bits per heavy atom. The van der Waals surface area contributed by atoms with Crippen LogP contribution < -0.4 is 4.74 Å². The average Bonchev–Trinajstić information content (AvgIpc) is 2.91. The van der Waals surface area contributed by atoms with Gasteiger partial charge in [-0.2, -0.15) is 0 Å². The maximum absolute atomic E-state index is 5.69. The number of aromatic nitrogens is 2. The second-order valence-electron chi connectivity index (χ2n) is 4.52. The van der Waals surface area contributed by atoms with Crippen LogP contribution in [-0.2, 0) is 6.54 Å². The number of unbranched alkanes of at least 4 members (excludes halogenated alkanes) is 3. The highest BCUT2D eigenvalue weighted by atomic mass is 79.9. The van der Waals surface area contributed by atoms with E-state index in [0.29, 0.717) is 0 Å². The van der Waals surface area contributed by atoms with Gasteiger partial charge in [0.1, 0.15) is 5.75 Å². The molecular formula is C15H19BrN2O. The standard InChI is InChI=1S/C15H19BrN2O/c16-14-6-5-7-15(12-14)19-11-4-2-1-3-9-18-10-8-17-13-18/h5-8,10,12-13H,1-4,9,11H2. The molecule has 1 aromatic carbocycles. The summed E-state index contributed by atoms with van der Waals surface area (Å²) in [6, 6.07) is 7.98. The van der Waals surface area contributed by atoms with Crippen molar-refractivity contribution in [3.8, 4) is 5.75 Å². The Kier molecular flexibility index (Phi) is 5.95. The predicted octanol–water partition coefficient (Wildman–Crippen LogP) is 4.29. The summed E-state index contributed by atoms with van der Waals surface area (Å²) in [5.41, 5.74) is 0. The number of rotatable bonds is 8. The molecule has 0 amide bonds. The van der Waals surface area contributed by atoms with Gasteiger partial charge >= 0.3 is 0 Å². The van der Waals surface area contributed by atoms with Crippen LogP contribution in [0.25, 0.3) is 0 Å². The van der Waals surface area contributed by atoms with Gasteiger partial charge in [0, 0.05) is 23.4 Å². The van der Waals surface area contributed by atoms with Gasteiger partial charge in [-0.25, -0.2) is 4.98 Å². The van der Waals surface area contributed by atoms with Gasteiger partial charge in [-0.1, -0.05) is 34.8 Å². The fourth-order valence-electron chi connectivity index (χ4n) is 1.92. The van der Waals surface area contributed by atoms with Crippen LogP contribution in [0.1, 0.15) is 25.7 Å². The van der Waals surface area contributed by atoms with Crippen molar-refractivity contribution in [3.05, 3.63) is 47.5 Å². The van der Waals surface area contributed by atoms with E-state index in [0.717, 1.165) is 29.8 Å². The van der Waals surface area contributed by atoms with Crippen LogP contribution in [0.15, 0.2) is 47.5 Å².